The lowest BCUT2D eigenvalue weighted by molar-refractivity contribution is -0.139. The zero-order chi connectivity index (χ0) is 22.0. The van der Waals surface area contributed by atoms with Crippen LogP contribution in [0.5, 0.6) is 0 Å². The van der Waals surface area contributed by atoms with Gasteiger partial charge in [-0.05, 0) is 63.1 Å². The van der Waals surface area contributed by atoms with Crippen LogP contribution in [-0.4, -0.2) is 60.9 Å². The first-order valence-electron chi connectivity index (χ1n) is 11.1. The highest BCUT2D eigenvalue weighted by atomic mass is 16.5. The zero-order valence-electron chi connectivity index (χ0n) is 18.0. The van der Waals surface area contributed by atoms with Crippen molar-refractivity contribution in [3.8, 4) is 6.07 Å². The molecule has 8 nitrogen and oxygen atoms in total. The number of nitrogens with one attached hydrogen (secondary N) is 1. The second-order valence-electron chi connectivity index (χ2n) is 8.98. The average Bonchev–Trinajstić information content (AvgIpc) is 3.09. The van der Waals surface area contributed by atoms with E-state index < -0.39 is 11.5 Å². The number of nitriles is 1. The number of ether oxygens (including phenoxy) is 1. The van der Waals surface area contributed by atoms with E-state index in [-0.39, 0.29) is 18.1 Å². The Hall–Kier alpha value is -2.79. The Balaban J connectivity index is 1.50. The van der Waals surface area contributed by atoms with Crippen LogP contribution < -0.4 is 10.2 Å². The van der Waals surface area contributed by atoms with Crippen LogP contribution in [0.15, 0.2) is 18.2 Å². The number of aliphatic hydroxyl groups is 1. The van der Waals surface area contributed by atoms with E-state index in [1.54, 1.807) is 12.1 Å². The molecule has 1 saturated carbocycles. The Bertz CT molecular complexity index is 890. The summed E-state index contributed by atoms with van der Waals surface area (Å²) < 4.78 is 4.62. The monoisotopic (exact) mass is 426 g/mol. The van der Waals surface area contributed by atoms with Gasteiger partial charge in [-0.1, -0.05) is 0 Å². The molecule has 0 unspecified atom stereocenters. The molecule has 31 heavy (non-hydrogen) atoms. The van der Waals surface area contributed by atoms with E-state index in [9.17, 15) is 20.0 Å². The second kappa shape index (κ2) is 8.75. The second-order valence-corrected chi connectivity index (χ2v) is 8.98. The summed E-state index contributed by atoms with van der Waals surface area (Å²) >= 11 is 0. The topological polar surface area (TPSA) is 106 Å². The van der Waals surface area contributed by atoms with Crippen LogP contribution in [-0.2, 0) is 9.53 Å². The summed E-state index contributed by atoms with van der Waals surface area (Å²) in [6, 6.07) is 7.70. The molecule has 0 radical (unpaired) electrons. The van der Waals surface area contributed by atoms with Crippen molar-refractivity contribution in [3.63, 3.8) is 0 Å². The molecule has 8 heteroatoms. The lowest BCUT2D eigenvalue weighted by Gasteiger charge is -2.41. The molecule has 0 bridgehead atoms. The number of benzene rings is 1. The number of nitrogens with zero attached hydrogens (tertiary/aromatic N) is 3. The maximum atomic E-state index is 13.5. The molecule has 2 N–H and O–H groups in total. The van der Waals surface area contributed by atoms with Gasteiger partial charge in [0.25, 0.3) is 0 Å². The van der Waals surface area contributed by atoms with Crippen LogP contribution in [0.2, 0.25) is 0 Å². The molecule has 3 aliphatic rings. The van der Waals surface area contributed by atoms with E-state index in [1.807, 2.05) is 6.07 Å². The number of carbonyl (C=O) groups excluding carboxylic acids is 2. The Morgan fingerprint density at radius 1 is 1.26 bits per heavy atom. The van der Waals surface area contributed by atoms with E-state index in [2.05, 4.69) is 25.9 Å². The predicted octanol–water partition coefficient (Wildman–Crippen LogP) is 2.86. The minimum atomic E-state index is -0.583. The predicted molar refractivity (Wildman–Crippen MR) is 116 cm³/mol. The first-order valence-corrected chi connectivity index (χ1v) is 11.1. The molecule has 2 aliphatic heterocycles. The molecular weight excluding hydrogens is 396 g/mol. The van der Waals surface area contributed by atoms with Crippen LogP contribution in [0.25, 0.3) is 0 Å². The molecule has 3 fully saturated rings. The number of aliphatic hydroxyl groups excluding tert-OH is 1. The lowest BCUT2D eigenvalue weighted by atomic mass is 9.78. The normalized spacial score (nSPS) is 28.5. The average molecular weight is 427 g/mol. The fourth-order valence-corrected chi connectivity index (χ4v) is 5.43. The minimum absolute atomic E-state index is 0.228. The van der Waals surface area contributed by atoms with Gasteiger partial charge in [-0.2, -0.15) is 5.26 Å². The summed E-state index contributed by atoms with van der Waals surface area (Å²) in [4.78, 5) is 29.2. The quantitative estimate of drug-likeness (QED) is 0.770. The molecule has 0 aromatic heterocycles. The van der Waals surface area contributed by atoms with Gasteiger partial charge < -0.3 is 19.6 Å². The molecule has 1 aromatic rings. The first kappa shape index (κ1) is 21.4. The molecular formula is C23H30N4O4. The van der Waals surface area contributed by atoms with Crippen LogP contribution in [0.1, 0.15) is 50.5 Å². The van der Waals surface area contributed by atoms with Gasteiger partial charge in [0.2, 0.25) is 5.91 Å². The fourth-order valence-electron chi connectivity index (χ4n) is 5.43. The number of anilines is 2. The Kier molecular flexibility index (Phi) is 6.05. The zero-order valence-corrected chi connectivity index (χ0v) is 18.0. The summed E-state index contributed by atoms with van der Waals surface area (Å²) in [7, 11) is 1.29. The molecule has 1 atom stereocenters. The van der Waals surface area contributed by atoms with Crippen molar-refractivity contribution >= 4 is 23.4 Å². The maximum absolute atomic E-state index is 13.5. The van der Waals surface area contributed by atoms with Crippen LogP contribution in [0, 0.1) is 16.7 Å². The molecule has 1 aliphatic carbocycles. The molecule has 166 valence electrons. The molecule has 1 aromatic carbocycles. The van der Waals surface area contributed by atoms with Crippen LogP contribution in [0.3, 0.4) is 0 Å². The number of amides is 2. The minimum Gasteiger partial charge on any atom is -0.453 e. The SMILES string of the molecule is COC(=O)Nc1ccc(N2CCC[C@]3(CCN(C4CCC(O)CC4)C3=O)C2)c(C#N)c1. The summed E-state index contributed by atoms with van der Waals surface area (Å²) in [5, 5.41) is 22.1. The van der Waals surface area contributed by atoms with Crippen molar-refractivity contribution in [2.45, 2.75) is 57.1 Å². The van der Waals surface area contributed by atoms with Crippen molar-refractivity contribution in [1.29, 1.82) is 5.26 Å². The number of piperidine rings is 1. The van der Waals surface area contributed by atoms with Gasteiger partial charge in [0.1, 0.15) is 6.07 Å². The number of likely N-dealkylation sites (tertiary alicyclic amines) is 1. The Morgan fingerprint density at radius 3 is 2.74 bits per heavy atom. The van der Waals surface area contributed by atoms with Crippen molar-refractivity contribution in [3.05, 3.63) is 23.8 Å². The Labute approximate surface area is 182 Å². The van der Waals surface area contributed by atoms with Crippen LogP contribution >= 0.6 is 0 Å². The van der Waals surface area contributed by atoms with Crippen molar-refractivity contribution in [1.82, 2.24) is 4.90 Å². The van der Waals surface area contributed by atoms with Gasteiger partial charge in [0.05, 0.1) is 29.9 Å². The fraction of sp³-hybridized carbons (Fsp3) is 0.609. The summed E-state index contributed by atoms with van der Waals surface area (Å²) in [5.41, 5.74) is 1.37. The number of methoxy groups -OCH3 is 1. The van der Waals surface area contributed by atoms with Crippen molar-refractivity contribution < 1.29 is 19.4 Å². The molecule has 1 spiro atoms. The van der Waals surface area contributed by atoms with Gasteiger partial charge in [-0.3, -0.25) is 10.1 Å². The van der Waals surface area contributed by atoms with Gasteiger partial charge in [-0.15, -0.1) is 0 Å². The summed E-state index contributed by atoms with van der Waals surface area (Å²) in [6.45, 7) is 2.18. The Morgan fingerprint density at radius 2 is 2.03 bits per heavy atom. The largest absolute Gasteiger partial charge is 0.453 e. The highest BCUT2D eigenvalue weighted by molar-refractivity contribution is 5.87. The first-order chi connectivity index (χ1) is 15.0. The number of carbonyl (C=O) groups is 2. The van der Waals surface area contributed by atoms with Crippen molar-refractivity contribution in [2.24, 2.45) is 5.41 Å². The van der Waals surface area contributed by atoms with E-state index in [4.69, 9.17) is 0 Å². The molecule has 2 amide bonds. The van der Waals surface area contributed by atoms with Crippen LogP contribution in [0.4, 0.5) is 16.2 Å². The smallest absolute Gasteiger partial charge is 0.411 e. The van der Waals surface area contributed by atoms with E-state index >= 15 is 0 Å². The van der Waals surface area contributed by atoms with Gasteiger partial charge in [0.15, 0.2) is 0 Å². The van der Waals surface area contributed by atoms with Crippen molar-refractivity contribution in [2.75, 3.05) is 37.0 Å². The third-order valence-corrected chi connectivity index (χ3v) is 7.12. The summed E-state index contributed by atoms with van der Waals surface area (Å²) in [6.07, 6.45) is 5.09. The van der Waals surface area contributed by atoms with Gasteiger partial charge >= 0.3 is 6.09 Å². The van der Waals surface area contributed by atoms with E-state index in [1.165, 1.54) is 7.11 Å². The number of hydrogen-bond donors (Lipinski definition) is 2. The van der Waals surface area contributed by atoms with E-state index in [0.29, 0.717) is 17.8 Å². The summed E-state index contributed by atoms with van der Waals surface area (Å²) in [5.74, 6) is 0.237. The third-order valence-electron chi connectivity index (χ3n) is 7.12. The lowest BCUT2D eigenvalue weighted by Crippen LogP contribution is -2.50. The standard InChI is InChI=1S/C23H30N4O4/c1-31-22(30)25-17-3-8-20(16(13-17)14-24)26-11-2-9-23(15-26)10-12-27(21(23)29)18-4-6-19(28)7-5-18/h3,8,13,18-19,28H,2,4-7,9-12,15H2,1H3,(H,25,30)/t18?,19?,23-/m0/s1. The third kappa shape index (κ3) is 4.19. The highest BCUT2D eigenvalue weighted by Gasteiger charge is 2.50. The molecule has 4 rings (SSSR count). The highest BCUT2D eigenvalue weighted by Crippen LogP contribution is 2.44. The molecule has 2 saturated heterocycles. The number of rotatable bonds is 3. The van der Waals surface area contributed by atoms with E-state index in [0.717, 1.165) is 63.7 Å². The van der Waals surface area contributed by atoms with Gasteiger partial charge in [0, 0.05) is 31.4 Å². The maximum Gasteiger partial charge on any atom is 0.411 e. The number of hydrogen-bond acceptors (Lipinski definition) is 6. The van der Waals surface area contributed by atoms with Gasteiger partial charge in [-0.25, -0.2) is 4.79 Å². The molecule has 2 heterocycles.